The zero-order valence-electron chi connectivity index (χ0n) is 8.69. The Morgan fingerprint density at radius 1 is 0.824 bits per heavy atom. The zero-order chi connectivity index (χ0) is 12.3. The monoisotopic (exact) mass is 298 g/mol. The van der Waals surface area contributed by atoms with E-state index >= 15 is 0 Å². The molecule has 17 heavy (non-hydrogen) atoms. The largest absolute Gasteiger partial charge is 0.0843 e. The molecule has 0 aromatic heterocycles. The number of benzene rings is 2. The van der Waals surface area contributed by atoms with Gasteiger partial charge in [-0.15, -0.1) is 0 Å². The lowest BCUT2D eigenvalue weighted by Crippen LogP contribution is -1.90. The first kappa shape index (κ1) is 12.9. The second-order valence-electron chi connectivity index (χ2n) is 3.35. The fourth-order valence-electron chi connectivity index (χ4n) is 1.25. The van der Waals surface area contributed by atoms with Crippen LogP contribution in [0.2, 0.25) is 10.0 Å². The molecule has 0 aliphatic heterocycles. The van der Waals surface area contributed by atoms with Gasteiger partial charge in [0.1, 0.15) is 0 Å². The van der Waals surface area contributed by atoms with Gasteiger partial charge in [-0.25, -0.2) is 0 Å². The maximum atomic E-state index is 5.83. The predicted molar refractivity (Wildman–Crippen MR) is 80.5 cm³/mol. The van der Waals surface area contributed by atoms with Gasteiger partial charge in [0, 0.05) is 14.9 Å². The molecule has 2 aromatic rings. The van der Waals surface area contributed by atoms with Crippen LogP contribution in [0.15, 0.2) is 53.4 Å². The minimum absolute atomic E-state index is 0.716. The lowest BCUT2D eigenvalue weighted by molar-refractivity contribution is 1.47. The molecule has 2 aromatic carbocycles. The van der Waals surface area contributed by atoms with Gasteiger partial charge < -0.3 is 0 Å². The highest BCUT2D eigenvalue weighted by Gasteiger charge is 2.03. The van der Waals surface area contributed by atoms with E-state index in [1.165, 1.54) is 0 Å². The molecule has 0 aliphatic rings. The van der Waals surface area contributed by atoms with Gasteiger partial charge in [-0.2, -0.15) is 0 Å². The molecule has 0 atom stereocenters. The highest BCUT2D eigenvalue weighted by molar-refractivity contribution is 8.23. The molecule has 86 valence electrons. The summed E-state index contributed by atoms with van der Waals surface area (Å²) in [5, 5.41) is 1.44. The molecule has 0 nitrogen and oxygen atoms in total. The van der Waals surface area contributed by atoms with Crippen LogP contribution in [-0.4, -0.2) is 4.20 Å². The average Bonchev–Trinajstić information content (AvgIpc) is 2.33. The molecule has 0 heterocycles. The first-order valence-corrected chi connectivity index (χ1v) is 6.86. The quantitative estimate of drug-likeness (QED) is 0.533. The lowest BCUT2D eigenvalue weighted by atomic mass is 10.2. The highest BCUT2D eigenvalue weighted by atomic mass is 35.5. The van der Waals surface area contributed by atoms with E-state index in [1.807, 2.05) is 48.5 Å². The van der Waals surface area contributed by atoms with E-state index in [4.69, 9.17) is 35.4 Å². The van der Waals surface area contributed by atoms with Gasteiger partial charge in [-0.3, -0.25) is 0 Å². The molecular weight excluding hydrogens is 291 g/mol. The third-order valence-corrected chi connectivity index (χ3v) is 4.02. The van der Waals surface area contributed by atoms with Crippen LogP contribution in [0.4, 0.5) is 0 Å². The van der Waals surface area contributed by atoms with Crippen molar-refractivity contribution >= 4 is 51.4 Å². The number of hydrogen-bond donors (Lipinski definition) is 0. The molecule has 0 aliphatic carbocycles. The predicted octanol–water partition coefficient (Wildman–Crippen LogP) is 5.46. The molecule has 0 radical (unpaired) electrons. The van der Waals surface area contributed by atoms with E-state index in [9.17, 15) is 0 Å². The molecule has 0 N–H and O–H groups in total. The van der Waals surface area contributed by atoms with Crippen LogP contribution in [-0.2, 0) is 0 Å². The highest BCUT2D eigenvalue weighted by Crippen LogP contribution is 2.25. The lowest BCUT2D eigenvalue weighted by Gasteiger charge is -2.04. The van der Waals surface area contributed by atoms with Crippen molar-refractivity contribution < 1.29 is 0 Å². The summed E-state index contributed by atoms with van der Waals surface area (Å²) in [5.41, 5.74) is 1.00. The molecule has 0 amide bonds. The van der Waals surface area contributed by atoms with E-state index in [1.54, 1.807) is 11.8 Å². The van der Waals surface area contributed by atoms with E-state index in [-0.39, 0.29) is 0 Å². The molecule has 4 heteroatoms. The summed E-state index contributed by atoms with van der Waals surface area (Å²) in [6.45, 7) is 0. The number of halogens is 2. The number of thiocarbonyl (C=S) groups is 1. The van der Waals surface area contributed by atoms with Crippen LogP contribution in [0, 0.1) is 0 Å². The summed E-state index contributed by atoms with van der Waals surface area (Å²) in [6.07, 6.45) is 0. The maximum Gasteiger partial charge on any atom is 0.0825 e. The van der Waals surface area contributed by atoms with E-state index in [0.29, 0.717) is 5.02 Å². The van der Waals surface area contributed by atoms with E-state index in [2.05, 4.69) is 0 Å². The van der Waals surface area contributed by atoms with Gasteiger partial charge in [0.25, 0.3) is 0 Å². The Morgan fingerprint density at radius 2 is 1.29 bits per heavy atom. The van der Waals surface area contributed by atoms with Crippen molar-refractivity contribution in [3.05, 3.63) is 64.1 Å². The molecule has 0 spiro atoms. The van der Waals surface area contributed by atoms with Gasteiger partial charge in [-0.05, 0) is 42.0 Å². The van der Waals surface area contributed by atoms with Gasteiger partial charge in [0.15, 0.2) is 0 Å². The van der Waals surface area contributed by atoms with Crippen molar-refractivity contribution in [3.63, 3.8) is 0 Å². The van der Waals surface area contributed by atoms with Crippen LogP contribution in [0.1, 0.15) is 5.56 Å². The van der Waals surface area contributed by atoms with Crippen molar-refractivity contribution in [1.82, 2.24) is 0 Å². The summed E-state index contributed by atoms with van der Waals surface area (Å²) >= 11 is 18.6. The standard InChI is InChI=1S/C13H8Cl2S2/c14-10-3-1-9(2-4-10)13(16)17-12-7-5-11(15)6-8-12/h1-8H. The van der Waals surface area contributed by atoms with Crippen molar-refractivity contribution in [2.45, 2.75) is 4.90 Å². The summed E-state index contributed by atoms with van der Waals surface area (Å²) in [4.78, 5) is 1.08. The smallest absolute Gasteiger partial charge is 0.0825 e. The third-order valence-electron chi connectivity index (χ3n) is 2.10. The van der Waals surface area contributed by atoms with Crippen molar-refractivity contribution in [1.29, 1.82) is 0 Å². The SMILES string of the molecule is S=C(Sc1ccc(Cl)cc1)c1ccc(Cl)cc1. The molecular formula is C13H8Cl2S2. The molecule has 2 rings (SSSR count). The number of rotatable bonds is 2. The Morgan fingerprint density at radius 3 is 1.82 bits per heavy atom. The van der Waals surface area contributed by atoms with Gasteiger partial charge in [0.05, 0.1) is 4.20 Å². The average molecular weight is 299 g/mol. The Balaban J connectivity index is 2.11. The third kappa shape index (κ3) is 3.71. The minimum Gasteiger partial charge on any atom is -0.0843 e. The van der Waals surface area contributed by atoms with Crippen LogP contribution in [0.3, 0.4) is 0 Å². The normalized spacial score (nSPS) is 10.2. The van der Waals surface area contributed by atoms with Crippen LogP contribution < -0.4 is 0 Å². The zero-order valence-corrected chi connectivity index (χ0v) is 11.8. The molecule has 0 saturated heterocycles. The summed E-state index contributed by atoms with van der Waals surface area (Å²) in [6, 6.07) is 15.1. The van der Waals surface area contributed by atoms with Crippen molar-refractivity contribution in [2.75, 3.05) is 0 Å². The van der Waals surface area contributed by atoms with Gasteiger partial charge >= 0.3 is 0 Å². The molecule has 0 bridgehead atoms. The van der Waals surface area contributed by atoms with Crippen molar-refractivity contribution in [3.8, 4) is 0 Å². The van der Waals surface area contributed by atoms with Crippen molar-refractivity contribution in [2.24, 2.45) is 0 Å². The molecule has 0 saturated carbocycles. The topological polar surface area (TPSA) is 0 Å². The van der Waals surface area contributed by atoms with Crippen LogP contribution in [0.25, 0.3) is 0 Å². The van der Waals surface area contributed by atoms with Gasteiger partial charge in [0.2, 0.25) is 0 Å². The summed E-state index contributed by atoms with van der Waals surface area (Å²) in [7, 11) is 0. The van der Waals surface area contributed by atoms with Crippen LogP contribution >= 0.6 is 47.2 Å². The minimum atomic E-state index is 0.716. The maximum absolute atomic E-state index is 5.83. The Kier molecular flexibility index (Phi) is 4.46. The first-order chi connectivity index (χ1) is 8.15. The fourth-order valence-corrected chi connectivity index (χ4v) is 2.67. The van der Waals surface area contributed by atoms with E-state index in [0.717, 1.165) is 19.7 Å². The van der Waals surface area contributed by atoms with Gasteiger partial charge in [-0.1, -0.05) is 59.3 Å². The summed E-state index contributed by atoms with van der Waals surface area (Å²) < 4.78 is 0.823. The van der Waals surface area contributed by atoms with E-state index < -0.39 is 0 Å². The van der Waals surface area contributed by atoms with Crippen LogP contribution in [0.5, 0.6) is 0 Å². The number of hydrogen-bond acceptors (Lipinski definition) is 2. The molecule has 0 fully saturated rings. The second-order valence-corrected chi connectivity index (χ2v) is 5.97. The number of thioether (sulfide) groups is 1. The molecule has 0 unspecified atom stereocenters. The summed E-state index contributed by atoms with van der Waals surface area (Å²) in [5.74, 6) is 0. The Labute approximate surface area is 120 Å². The Hall–Kier alpha value is -0.540. The second kappa shape index (κ2) is 5.87. The Bertz CT molecular complexity index is 518. The fraction of sp³-hybridized carbons (Fsp3) is 0. The first-order valence-electron chi connectivity index (χ1n) is 4.88.